The average Bonchev–Trinajstić information content (AvgIpc) is 3.04. The standard InChI is InChI=1S/C23H29NO7/c1-7-28-22(26)18-14(5)31-21(19(18)23(27)29-8-2)24-20(25)15(6)30-17-11-9-16(10-12-17)13(3)4/h9-13,15H,7-8H2,1-6H3,(H,24,25). The molecule has 31 heavy (non-hydrogen) atoms. The predicted molar refractivity (Wildman–Crippen MR) is 115 cm³/mol. The fraction of sp³-hybridized carbons (Fsp3) is 0.435. The number of rotatable bonds is 9. The molecule has 0 aliphatic carbocycles. The number of ether oxygens (including phenoxy) is 3. The van der Waals surface area contributed by atoms with Crippen molar-refractivity contribution < 1.29 is 33.0 Å². The molecule has 0 aliphatic rings. The number of carbonyl (C=O) groups is 3. The monoisotopic (exact) mass is 431 g/mol. The van der Waals surface area contributed by atoms with E-state index >= 15 is 0 Å². The summed E-state index contributed by atoms with van der Waals surface area (Å²) >= 11 is 0. The Morgan fingerprint density at radius 1 is 0.935 bits per heavy atom. The first-order valence-electron chi connectivity index (χ1n) is 10.2. The van der Waals surface area contributed by atoms with Crippen LogP contribution >= 0.6 is 0 Å². The molecule has 2 rings (SSSR count). The second-order valence-corrected chi connectivity index (χ2v) is 7.15. The number of hydrogen-bond acceptors (Lipinski definition) is 7. The summed E-state index contributed by atoms with van der Waals surface area (Å²) in [5.41, 5.74) is 0.897. The van der Waals surface area contributed by atoms with Crippen LogP contribution in [0.25, 0.3) is 0 Å². The van der Waals surface area contributed by atoms with Gasteiger partial charge in [0.15, 0.2) is 6.10 Å². The van der Waals surface area contributed by atoms with Crippen molar-refractivity contribution in [3.05, 3.63) is 46.7 Å². The van der Waals surface area contributed by atoms with Gasteiger partial charge in [-0.2, -0.15) is 0 Å². The van der Waals surface area contributed by atoms with E-state index in [1.54, 1.807) is 32.9 Å². The molecular weight excluding hydrogens is 402 g/mol. The summed E-state index contributed by atoms with van der Waals surface area (Å²) < 4.78 is 21.2. The second kappa shape index (κ2) is 10.7. The molecule has 168 valence electrons. The van der Waals surface area contributed by atoms with Gasteiger partial charge in [-0.15, -0.1) is 0 Å². The van der Waals surface area contributed by atoms with Gasteiger partial charge in [0.05, 0.1) is 13.2 Å². The molecule has 0 saturated heterocycles. The lowest BCUT2D eigenvalue weighted by molar-refractivity contribution is -0.122. The molecule has 0 fully saturated rings. The summed E-state index contributed by atoms with van der Waals surface area (Å²) in [4.78, 5) is 37.5. The number of anilines is 1. The Balaban J connectivity index is 2.23. The van der Waals surface area contributed by atoms with E-state index in [-0.39, 0.29) is 36.0 Å². The Morgan fingerprint density at radius 2 is 1.48 bits per heavy atom. The summed E-state index contributed by atoms with van der Waals surface area (Å²) in [5.74, 6) is -1.23. The molecule has 1 heterocycles. The van der Waals surface area contributed by atoms with E-state index in [0.29, 0.717) is 11.7 Å². The first-order chi connectivity index (χ1) is 14.7. The van der Waals surface area contributed by atoms with Crippen LogP contribution in [0.3, 0.4) is 0 Å². The smallest absolute Gasteiger partial charge is 0.344 e. The Morgan fingerprint density at radius 3 is 2.00 bits per heavy atom. The van der Waals surface area contributed by atoms with Gasteiger partial charge in [-0.05, 0) is 51.3 Å². The molecule has 1 aromatic heterocycles. The highest BCUT2D eigenvalue weighted by Gasteiger charge is 2.32. The van der Waals surface area contributed by atoms with E-state index in [2.05, 4.69) is 19.2 Å². The summed E-state index contributed by atoms with van der Waals surface area (Å²) in [6.45, 7) is 10.7. The molecule has 0 bridgehead atoms. The molecule has 0 aliphatic heterocycles. The van der Waals surface area contributed by atoms with E-state index in [4.69, 9.17) is 18.6 Å². The van der Waals surface area contributed by atoms with Crippen molar-refractivity contribution in [2.24, 2.45) is 0 Å². The summed E-state index contributed by atoms with van der Waals surface area (Å²) in [6, 6.07) is 7.45. The van der Waals surface area contributed by atoms with Gasteiger partial charge in [-0.25, -0.2) is 9.59 Å². The molecule has 0 spiro atoms. The summed E-state index contributed by atoms with van der Waals surface area (Å²) in [5, 5.41) is 2.52. The van der Waals surface area contributed by atoms with Gasteiger partial charge in [-0.1, -0.05) is 26.0 Å². The van der Waals surface area contributed by atoms with Gasteiger partial charge in [0.1, 0.15) is 22.6 Å². The minimum atomic E-state index is -0.892. The lowest BCUT2D eigenvalue weighted by atomic mass is 10.0. The van der Waals surface area contributed by atoms with Crippen molar-refractivity contribution in [1.82, 2.24) is 0 Å². The zero-order valence-corrected chi connectivity index (χ0v) is 18.7. The topological polar surface area (TPSA) is 104 Å². The van der Waals surface area contributed by atoms with Crippen molar-refractivity contribution in [3.63, 3.8) is 0 Å². The highest BCUT2D eigenvalue weighted by Crippen LogP contribution is 2.29. The van der Waals surface area contributed by atoms with Gasteiger partial charge in [0.2, 0.25) is 5.88 Å². The number of nitrogens with one attached hydrogen (secondary N) is 1. The maximum atomic E-state index is 12.7. The molecule has 1 aromatic carbocycles. The van der Waals surface area contributed by atoms with E-state index in [9.17, 15) is 14.4 Å². The molecule has 8 nitrogen and oxygen atoms in total. The van der Waals surface area contributed by atoms with Crippen LogP contribution in [0, 0.1) is 6.92 Å². The van der Waals surface area contributed by atoms with Crippen molar-refractivity contribution >= 4 is 23.7 Å². The SMILES string of the molecule is CCOC(=O)c1c(C)oc(NC(=O)C(C)Oc2ccc(C(C)C)cc2)c1C(=O)OCC. The van der Waals surface area contributed by atoms with E-state index < -0.39 is 23.9 Å². The predicted octanol–water partition coefficient (Wildman–Crippen LogP) is 4.47. The Hall–Kier alpha value is -3.29. The van der Waals surface area contributed by atoms with Crippen LogP contribution < -0.4 is 10.1 Å². The number of carbonyl (C=O) groups excluding carboxylic acids is 3. The third-order valence-corrected chi connectivity index (χ3v) is 4.51. The maximum absolute atomic E-state index is 12.7. The van der Waals surface area contributed by atoms with Crippen LogP contribution in [-0.4, -0.2) is 37.2 Å². The van der Waals surface area contributed by atoms with Gasteiger partial charge in [0, 0.05) is 0 Å². The van der Waals surface area contributed by atoms with Crippen LogP contribution in [0.15, 0.2) is 28.7 Å². The maximum Gasteiger partial charge on any atom is 0.344 e. The number of amides is 1. The van der Waals surface area contributed by atoms with Crippen LogP contribution in [0.2, 0.25) is 0 Å². The molecule has 2 aromatic rings. The lowest BCUT2D eigenvalue weighted by Gasteiger charge is -2.15. The normalized spacial score (nSPS) is 11.7. The molecule has 0 saturated carbocycles. The van der Waals surface area contributed by atoms with Crippen molar-refractivity contribution in [3.8, 4) is 5.75 Å². The summed E-state index contributed by atoms with van der Waals surface area (Å²) in [6.07, 6.45) is -0.892. The van der Waals surface area contributed by atoms with Gasteiger partial charge < -0.3 is 18.6 Å². The lowest BCUT2D eigenvalue weighted by Crippen LogP contribution is -2.30. The van der Waals surface area contributed by atoms with Crippen molar-refractivity contribution in [2.75, 3.05) is 18.5 Å². The van der Waals surface area contributed by atoms with Crippen LogP contribution in [0.4, 0.5) is 5.88 Å². The molecule has 1 unspecified atom stereocenters. The van der Waals surface area contributed by atoms with Gasteiger partial charge in [0.25, 0.3) is 5.91 Å². The third-order valence-electron chi connectivity index (χ3n) is 4.51. The van der Waals surface area contributed by atoms with Gasteiger partial charge >= 0.3 is 11.9 Å². The van der Waals surface area contributed by atoms with Crippen molar-refractivity contribution in [2.45, 2.75) is 53.6 Å². The summed E-state index contributed by atoms with van der Waals surface area (Å²) in [7, 11) is 0. The quantitative estimate of drug-likeness (QED) is 0.584. The Bertz CT molecular complexity index is 928. The number of esters is 2. The zero-order chi connectivity index (χ0) is 23.1. The fourth-order valence-corrected chi connectivity index (χ4v) is 2.88. The van der Waals surface area contributed by atoms with Crippen LogP contribution in [0.5, 0.6) is 5.75 Å². The molecular formula is C23H29NO7. The van der Waals surface area contributed by atoms with Crippen LogP contribution in [0.1, 0.15) is 72.6 Å². The Kier molecular flexibility index (Phi) is 8.24. The van der Waals surface area contributed by atoms with E-state index in [1.165, 1.54) is 6.92 Å². The fourth-order valence-electron chi connectivity index (χ4n) is 2.88. The Labute approximate surface area is 181 Å². The minimum absolute atomic E-state index is 0.0755. The zero-order valence-electron chi connectivity index (χ0n) is 18.7. The molecule has 8 heteroatoms. The van der Waals surface area contributed by atoms with E-state index in [1.807, 2.05) is 12.1 Å². The largest absolute Gasteiger partial charge is 0.481 e. The first-order valence-corrected chi connectivity index (χ1v) is 10.2. The molecule has 1 N–H and O–H groups in total. The van der Waals surface area contributed by atoms with Crippen molar-refractivity contribution in [1.29, 1.82) is 0 Å². The minimum Gasteiger partial charge on any atom is -0.481 e. The number of furan rings is 1. The molecule has 0 radical (unpaired) electrons. The number of hydrogen-bond donors (Lipinski definition) is 1. The number of benzene rings is 1. The average molecular weight is 431 g/mol. The highest BCUT2D eigenvalue weighted by atomic mass is 16.5. The van der Waals surface area contributed by atoms with Crippen LogP contribution in [-0.2, 0) is 14.3 Å². The first kappa shape index (κ1) is 24.0. The second-order valence-electron chi connectivity index (χ2n) is 7.15. The van der Waals surface area contributed by atoms with Gasteiger partial charge in [-0.3, -0.25) is 10.1 Å². The van der Waals surface area contributed by atoms with E-state index in [0.717, 1.165) is 5.56 Å². The molecule has 1 amide bonds. The highest BCUT2D eigenvalue weighted by molar-refractivity contribution is 6.09. The third kappa shape index (κ3) is 5.87. The molecule has 1 atom stereocenters. The number of aryl methyl sites for hydroxylation is 1.